The maximum Gasteiger partial charge on any atom is 0.305 e. The number of nitrogens with one attached hydrogen (secondary N) is 1. The third-order valence-corrected chi connectivity index (χ3v) is 6.59. The molecule has 1 aromatic carbocycles. The third-order valence-electron chi connectivity index (χ3n) is 4.26. The topological polar surface area (TPSA) is 116 Å². The van der Waals surface area contributed by atoms with Gasteiger partial charge < -0.3 is 4.74 Å². The Morgan fingerprint density at radius 3 is 2.31 bits per heavy atom. The molecule has 0 bridgehead atoms. The van der Waals surface area contributed by atoms with Crippen molar-refractivity contribution < 1.29 is 30.6 Å². The van der Waals surface area contributed by atoms with E-state index in [0.29, 0.717) is 37.1 Å². The quantitative estimate of drug-likeness (QED) is 0.253. The Balaban J connectivity index is 2.43. The lowest BCUT2D eigenvalue weighted by molar-refractivity contribution is -0.141. The van der Waals surface area contributed by atoms with E-state index in [-0.39, 0.29) is 36.4 Å². The van der Waals surface area contributed by atoms with Gasteiger partial charge in [-0.3, -0.25) is 8.98 Å². The number of hydrogen-bond acceptors (Lipinski definition) is 7. The van der Waals surface area contributed by atoms with Crippen LogP contribution >= 0.6 is 11.6 Å². The van der Waals surface area contributed by atoms with Gasteiger partial charge in [-0.25, -0.2) is 13.1 Å². The zero-order valence-electron chi connectivity index (χ0n) is 16.6. The van der Waals surface area contributed by atoms with E-state index in [0.717, 1.165) is 6.26 Å². The van der Waals surface area contributed by atoms with Crippen LogP contribution < -0.4 is 4.72 Å². The Labute approximate surface area is 178 Å². The van der Waals surface area contributed by atoms with Crippen molar-refractivity contribution in [2.45, 2.75) is 43.4 Å². The van der Waals surface area contributed by atoms with Gasteiger partial charge in [0.25, 0.3) is 10.1 Å². The summed E-state index contributed by atoms with van der Waals surface area (Å²) in [7, 11) is -5.78. The van der Waals surface area contributed by atoms with Gasteiger partial charge in [-0.1, -0.05) is 24.4 Å². The van der Waals surface area contributed by atoms with Crippen molar-refractivity contribution in [3.8, 4) is 0 Å². The molecule has 1 N–H and O–H groups in total. The lowest BCUT2D eigenvalue weighted by atomic mass is 9.94. The van der Waals surface area contributed by atoms with E-state index in [2.05, 4.69) is 9.46 Å². The van der Waals surface area contributed by atoms with Crippen LogP contribution in [0.5, 0.6) is 0 Å². The van der Waals surface area contributed by atoms with Crippen molar-refractivity contribution in [3.05, 3.63) is 29.3 Å². The second kappa shape index (κ2) is 12.5. The molecule has 0 saturated carbocycles. The number of methoxy groups -OCH3 is 1. The number of carbonyl (C=O) groups is 1. The number of halogens is 1. The van der Waals surface area contributed by atoms with Gasteiger partial charge in [0, 0.05) is 18.0 Å². The fourth-order valence-corrected chi connectivity index (χ4v) is 4.28. The number of unbranched alkanes of at least 4 members (excludes halogenated alkanes) is 1. The van der Waals surface area contributed by atoms with Crippen LogP contribution in [0.4, 0.5) is 0 Å². The summed E-state index contributed by atoms with van der Waals surface area (Å²) < 4.78 is 58.5. The maximum absolute atomic E-state index is 12.2. The first kappa shape index (κ1) is 25.8. The van der Waals surface area contributed by atoms with Gasteiger partial charge in [-0.05, 0) is 49.4 Å². The highest BCUT2D eigenvalue weighted by Gasteiger charge is 2.15. The summed E-state index contributed by atoms with van der Waals surface area (Å²) in [6.45, 7) is 0.322. The van der Waals surface area contributed by atoms with Gasteiger partial charge in [0.2, 0.25) is 10.0 Å². The van der Waals surface area contributed by atoms with Crippen molar-refractivity contribution in [1.82, 2.24) is 4.72 Å². The second-order valence-electron chi connectivity index (χ2n) is 6.64. The molecular formula is C18H28ClNO7S2. The Kier molecular flexibility index (Phi) is 11.1. The minimum absolute atomic E-state index is 0.0495. The van der Waals surface area contributed by atoms with Gasteiger partial charge >= 0.3 is 5.97 Å². The number of carbonyl (C=O) groups excluding carboxylic acids is 1. The van der Waals surface area contributed by atoms with Crippen LogP contribution in [0.3, 0.4) is 0 Å². The van der Waals surface area contributed by atoms with Gasteiger partial charge in [0.05, 0.1) is 24.9 Å². The molecule has 1 rings (SSSR count). The molecule has 0 radical (unpaired) electrons. The van der Waals surface area contributed by atoms with Crippen molar-refractivity contribution >= 4 is 37.7 Å². The molecule has 29 heavy (non-hydrogen) atoms. The first-order chi connectivity index (χ1) is 13.5. The Hall–Kier alpha value is -1.20. The Bertz CT molecular complexity index is 839. The average Bonchev–Trinajstić information content (AvgIpc) is 2.64. The molecule has 1 atom stereocenters. The highest BCUT2D eigenvalue weighted by atomic mass is 35.5. The van der Waals surface area contributed by atoms with Crippen LogP contribution in [0.15, 0.2) is 29.2 Å². The Morgan fingerprint density at radius 2 is 1.72 bits per heavy atom. The van der Waals surface area contributed by atoms with Crippen LogP contribution in [-0.4, -0.2) is 49.3 Å². The van der Waals surface area contributed by atoms with E-state index >= 15 is 0 Å². The fourth-order valence-electron chi connectivity index (χ4n) is 2.68. The standard InChI is InChI=1S/C18H28ClNO7S2/c1-26-18(21)11-6-15(12-14-27-28(2,22)23)5-3-4-13-20-29(24,25)17-9-7-16(19)8-10-17/h7-10,15,20H,3-6,11-14H2,1-2H3. The first-order valence-corrected chi connectivity index (χ1v) is 12.9. The summed E-state index contributed by atoms with van der Waals surface area (Å²) in [5.74, 6) is -0.251. The number of benzene rings is 1. The maximum atomic E-state index is 12.2. The largest absolute Gasteiger partial charge is 0.469 e. The monoisotopic (exact) mass is 469 g/mol. The van der Waals surface area contributed by atoms with E-state index in [1.807, 2.05) is 0 Å². The lowest BCUT2D eigenvalue weighted by Crippen LogP contribution is -2.24. The van der Waals surface area contributed by atoms with Gasteiger partial charge in [-0.15, -0.1) is 0 Å². The number of rotatable bonds is 14. The fraction of sp³-hybridized carbons (Fsp3) is 0.611. The normalized spacial score (nSPS) is 13.2. The molecule has 1 aromatic rings. The average molecular weight is 470 g/mol. The van der Waals surface area contributed by atoms with Gasteiger partial charge in [0.1, 0.15) is 0 Å². The first-order valence-electron chi connectivity index (χ1n) is 9.20. The van der Waals surface area contributed by atoms with Crippen LogP contribution in [0.2, 0.25) is 5.02 Å². The molecule has 8 nitrogen and oxygen atoms in total. The Morgan fingerprint density at radius 1 is 1.07 bits per heavy atom. The molecular weight excluding hydrogens is 442 g/mol. The number of hydrogen-bond donors (Lipinski definition) is 1. The van der Waals surface area contributed by atoms with Crippen LogP contribution in [0.1, 0.15) is 38.5 Å². The van der Waals surface area contributed by atoms with Crippen molar-refractivity contribution in [2.75, 3.05) is 26.5 Å². The van der Waals surface area contributed by atoms with Crippen LogP contribution in [0.25, 0.3) is 0 Å². The van der Waals surface area contributed by atoms with Crippen LogP contribution in [0, 0.1) is 5.92 Å². The predicted octanol–water partition coefficient (Wildman–Crippen LogP) is 2.72. The molecule has 11 heteroatoms. The van der Waals surface area contributed by atoms with E-state index in [1.54, 1.807) is 0 Å². The molecule has 0 saturated heterocycles. The minimum Gasteiger partial charge on any atom is -0.469 e. The van der Waals surface area contributed by atoms with E-state index in [4.69, 9.17) is 15.8 Å². The third kappa shape index (κ3) is 11.5. The molecule has 0 amide bonds. The van der Waals surface area contributed by atoms with Crippen LogP contribution in [-0.2, 0) is 33.9 Å². The minimum atomic E-state index is -3.59. The zero-order chi connectivity index (χ0) is 21.9. The molecule has 0 aromatic heterocycles. The molecule has 166 valence electrons. The molecule has 1 unspecified atom stereocenters. The predicted molar refractivity (Wildman–Crippen MR) is 111 cm³/mol. The molecule has 0 spiro atoms. The van der Waals surface area contributed by atoms with Crippen molar-refractivity contribution in [2.24, 2.45) is 5.92 Å². The SMILES string of the molecule is COC(=O)CCC(CCCCNS(=O)(=O)c1ccc(Cl)cc1)CCOS(C)(=O)=O. The van der Waals surface area contributed by atoms with E-state index in [9.17, 15) is 21.6 Å². The summed E-state index contributed by atoms with van der Waals surface area (Å²) in [5.41, 5.74) is 0. The zero-order valence-corrected chi connectivity index (χ0v) is 19.0. The summed E-state index contributed by atoms with van der Waals surface area (Å²) in [5, 5.41) is 0.460. The second-order valence-corrected chi connectivity index (χ2v) is 10.5. The van der Waals surface area contributed by atoms with E-state index in [1.165, 1.54) is 31.4 Å². The smallest absolute Gasteiger partial charge is 0.305 e. The molecule has 0 fully saturated rings. The number of ether oxygens (including phenoxy) is 1. The number of sulfonamides is 1. The van der Waals surface area contributed by atoms with Crippen molar-refractivity contribution in [3.63, 3.8) is 0 Å². The summed E-state index contributed by atoms with van der Waals surface area (Å²) >= 11 is 5.77. The molecule has 0 aliphatic heterocycles. The summed E-state index contributed by atoms with van der Waals surface area (Å²) in [6, 6.07) is 5.91. The van der Waals surface area contributed by atoms with E-state index < -0.39 is 20.1 Å². The van der Waals surface area contributed by atoms with Gasteiger partial charge in [-0.2, -0.15) is 8.42 Å². The highest BCUT2D eigenvalue weighted by Crippen LogP contribution is 2.20. The highest BCUT2D eigenvalue weighted by molar-refractivity contribution is 7.89. The molecule has 0 aliphatic rings. The summed E-state index contributed by atoms with van der Waals surface area (Å²) in [6.07, 6.45) is 4.30. The summed E-state index contributed by atoms with van der Waals surface area (Å²) in [4.78, 5) is 11.5. The number of esters is 1. The van der Waals surface area contributed by atoms with Crippen molar-refractivity contribution in [1.29, 1.82) is 0 Å². The lowest BCUT2D eigenvalue weighted by Gasteiger charge is -2.16. The van der Waals surface area contributed by atoms with Gasteiger partial charge in [0.15, 0.2) is 0 Å². The molecule has 0 heterocycles. The molecule has 0 aliphatic carbocycles.